The third-order valence-electron chi connectivity index (χ3n) is 2.81. The number of hydrogen-bond acceptors (Lipinski definition) is 2. The van der Waals surface area contributed by atoms with Crippen LogP contribution in [0.5, 0.6) is 0 Å². The maximum atomic E-state index is 3.49. The maximum Gasteiger partial charge on any atom is 0.0206 e. The third kappa shape index (κ3) is 6.20. The van der Waals surface area contributed by atoms with Gasteiger partial charge < -0.3 is 10.2 Å². The topological polar surface area (TPSA) is 15.3 Å². The first-order valence-corrected chi connectivity index (χ1v) is 7.23. The smallest absolute Gasteiger partial charge is 0.0206 e. The fraction of sp³-hybridized carbons (Fsp3) is 0.571. The molecule has 1 aromatic carbocycles. The summed E-state index contributed by atoms with van der Waals surface area (Å²) in [7, 11) is 0. The molecule has 2 nitrogen and oxygen atoms in total. The molecule has 0 aliphatic heterocycles. The van der Waals surface area contributed by atoms with Gasteiger partial charge in [-0.2, -0.15) is 0 Å². The molecule has 0 aliphatic carbocycles. The van der Waals surface area contributed by atoms with Crippen molar-refractivity contribution in [3.05, 3.63) is 34.3 Å². The molecule has 0 fully saturated rings. The molecule has 0 unspecified atom stereocenters. The van der Waals surface area contributed by atoms with Crippen LogP contribution in [0.2, 0.25) is 0 Å². The third-order valence-corrected chi connectivity index (χ3v) is 3.30. The predicted molar refractivity (Wildman–Crippen MR) is 78.3 cm³/mol. The molecule has 0 atom stereocenters. The van der Waals surface area contributed by atoms with Gasteiger partial charge in [-0.1, -0.05) is 41.9 Å². The van der Waals surface area contributed by atoms with Crippen molar-refractivity contribution >= 4 is 15.9 Å². The van der Waals surface area contributed by atoms with E-state index in [-0.39, 0.29) is 0 Å². The Labute approximate surface area is 114 Å². The monoisotopic (exact) mass is 298 g/mol. The van der Waals surface area contributed by atoms with Gasteiger partial charge in [-0.05, 0) is 37.2 Å². The number of nitrogens with zero attached hydrogens (tertiary/aromatic N) is 1. The van der Waals surface area contributed by atoms with E-state index >= 15 is 0 Å². The normalized spacial score (nSPS) is 11.1. The number of halogens is 1. The van der Waals surface area contributed by atoms with Crippen LogP contribution in [0.4, 0.5) is 0 Å². The SMILES string of the molecule is CCCN(CC)CCNCc1cccc(Br)c1. The van der Waals surface area contributed by atoms with Crippen LogP contribution < -0.4 is 5.32 Å². The highest BCUT2D eigenvalue weighted by atomic mass is 79.9. The second-order valence-corrected chi connectivity index (χ2v) is 5.16. The van der Waals surface area contributed by atoms with E-state index in [0.717, 1.165) is 30.7 Å². The molecule has 1 rings (SSSR count). The molecule has 17 heavy (non-hydrogen) atoms. The van der Waals surface area contributed by atoms with Gasteiger partial charge in [-0.15, -0.1) is 0 Å². The Bertz CT molecular complexity index is 315. The Balaban J connectivity index is 2.19. The average molecular weight is 299 g/mol. The first kappa shape index (κ1) is 14.7. The van der Waals surface area contributed by atoms with Gasteiger partial charge in [0.2, 0.25) is 0 Å². The summed E-state index contributed by atoms with van der Waals surface area (Å²) in [4.78, 5) is 2.48. The largest absolute Gasteiger partial charge is 0.311 e. The van der Waals surface area contributed by atoms with Crippen molar-refractivity contribution in [3.8, 4) is 0 Å². The van der Waals surface area contributed by atoms with E-state index in [4.69, 9.17) is 0 Å². The Kier molecular flexibility index (Phi) is 7.49. The molecule has 0 heterocycles. The Morgan fingerprint density at radius 1 is 1.24 bits per heavy atom. The summed E-state index contributed by atoms with van der Waals surface area (Å²) < 4.78 is 1.15. The summed E-state index contributed by atoms with van der Waals surface area (Å²) in [6, 6.07) is 8.46. The Hall–Kier alpha value is -0.380. The average Bonchev–Trinajstić information content (AvgIpc) is 2.33. The zero-order chi connectivity index (χ0) is 12.5. The van der Waals surface area contributed by atoms with Gasteiger partial charge in [0, 0.05) is 24.1 Å². The van der Waals surface area contributed by atoms with E-state index in [1.54, 1.807) is 0 Å². The van der Waals surface area contributed by atoms with Crippen molar-refractivity contribution in [1.29, 1.82) is 0 Å². The minimum Gasteiger partial charge on any atom is -0.311 e. The molecule has 1 aromatic rings. The molecular formula is C14H23BrN2. The van der Waals surface area contributed by atoms with Crippen LogP contribution in [0.15, 0.2) is 28.7 Å². The highest BCUT2D eigenvalue weighted by Gasteiger charge is 1.99. The first-order valence-electron chi connectivity index (χ1n) is 6.43. The highest BCUT2D eigenvalue weighted by molar-refractivity contribution is 9.10. The van der Waals surface area contributed by atoms with Crippen molar-refractivity contribution in [1.82, 2.24) is 10.2 Å². The molecule has 0 spiro atoms. The van der Waals surface area contributed by atoms with Gasteiger partial charge in [0.25, 0.3) is 0 Å². The highest BCUT2D eigenvalue weighted by Crippen LogP contribution is 2.11. The molecular weight excluding hydrogens is 276 g/mol. The minimum absolute atomic E-state index is 0.948. The summed E-state index contributed by atoms with van der Waals surface area (Å²) >= 11 is 3.49. The lowest BCUT2D eigenvalue weighted by Crippen LogP contribution is -2.32. The summed E-state index contributed by atoms with van der Waals surface area (Å²) in [5.74, 6) is 0. The second-order valence-electron chi connectivity index (χ2n) is 4.24. The van der Waals surface area contributed by atoms with Gasteiger partial charge in [0.15, 0.2) is 0 Å². The summed E-state index contributed by atoms with van der Waals surface area (Å²) in [5.41, 5.74) is 1.33. The van der Waals surface area contributed by atoms with Gasteiger partial charge >= 0.3 is 0 Å². The quantitative estimate of drug-likeness (QED) is 0.741. The van der Waals surface area contributed by atoms with Crippen molar-refractivity contribution in [2.45, 2.75) is 26.8 Å². The molecule has 0 aromatic heterocycles. The van der Waals surface area contributed by atoms with E-state index in [9.17, 15) is 0 Å². The molecule has 0 bridgehead atoms. The lowest BCUT2D eigenvalue weighted by Gasteiger charge is -2.19. The van der Waals surface area contributed by atoms with Gasteiger partial charge in [-0.3, -0.25) is 0 Å². The number of likely N-dealkylation sites (N-methyl/N-ethyl adjacent to an activating group) is 1. The Morgan fingerprint density at radius 2 is 2.06 bits per heavy atom. The molecule has 0 saturated heterocycles. The van der Waals surface area contributed by atoms with Crippen LogP contribution in [-0.4, -0.2) is 31.1 Å². The molecule has 3 heteroatoms. The van der Waals surface area contributed by atoms with Gasteiger partial charge in [0.1, 0.15) is 0 Å². The summed E-state index contributed by atoms with van der Waals surface area (Å²) in [6.07, 6.45) is 1.24. The summed E-state index contributed by atoms with van der Waals surface area (Å²) in [5, 5.41) is 3.49. The van der Waals surface area contributed by atoms with Crippen LogP contribution in [0.1, 0.15) is 25.8 Å². The maximum absolute atomic E-state index is 3.49. The van der Waals surface area contributed by atoms with E-state index in [1.165, 1.54) is 18.5 Å². The van der Waals surface area contributed by atoms with E-state index in [2.05, 4.69) is 64.3 Å². The fourth-order valence-electron chi connectivity index (χ4n) is 1.86. The fourth-order valence-corrected chi connectivity index (χ4v) is 2.31. The van der Waals surface area contributed by atoms with Crippen molar-refractivity contribution in [2.75, 3.05) is 26.2 Å². The van der Waals surface area contributed by atoms with Crippen molar-refractivity contribution < 1.29 is 0 Å². The van der Waals surface area contributed by atoms with Crippen LogP contribution in [0.25, 0.3) is 0 Å². The molecule has 0 aliphatic rings. The predicted octanol–water partition coefficient (Wildman–Crippen LogP) is 3.27. The van der Waals surface area contributed by atoms with E-state index < -0.39 is 0 Å². The van der Waals surface area contributed by atoms with E-state index in [0.29, 0.717) is 0 Å². The lowest BCUT2D eigenvalue weighted by molar-refractivity contribution is 0.287. The van der Waals surface area contributed by atoms with Crippen LogP contribution in [-0.2, 0) is 6.54 Å². The molecule has 0 radical (unpaired) electrons. The minimum atomic E-state index is 0.948. The summed E-state index contributed by atoms with van der Waals surface area (Å²) in [6.45, 7) is 9.95. The van der Waals surface area contributed by atoms with Crippen LogP contribution in [0.3, 0.4) is 0 Å². The van der Waals surface area contributed by atoms with Crippen molar-refractivity contribution in [3.63, 3.8) is 0 Å². The Morgan fingerprint density at radius 3 is 2.71 bits per heavy atom. The molecule has 96 valence electrons. The second kappa shape index (κ2) is 8.67. The first-order chi connectivity index (χ1) is 8.26. The molecule has 0 amide bonds. The number of nitrogens with one attached hydrogen (secondary N) is 1. The van der Waals surface area contributed by atoms with Crippen LogP contribution in [0, 0.1) is 0 Å². The van der Waals surface area contributed by atoms with E-state index in [1.807, 2.05) is 0 Å². The molecule has 1 N–H and O–H groups in total. The number of benzene rings is 1. The lowest BCUT2D eigenvalue weighted by atomic mass is 10.2. The zero-order valence-electron chi connectivity index (χ0n) is 10.9. The standard InChI is InChI=1S/C14H23BrN2/c1-3-9-17(4-2)10-8-16-12-13-6-5-7-14(15)11-13/h5-7,11,16H,3-4,8-10,12H2,1-2H3. The zero-order valence-corrected chi connectivity index (χ0v) is 12.5. The number of hydrogen-bond donors (Lipinski definition) is 1. The van der Waals surface area contributed by atoms with Crippen LogP contribution >= 0.6 is 15.9 Å². The number of rotatable bonds is 8. The van der Waals surface area contributed by atoms with Gasteiger partial charge in [-0.25, -0.2) is 0 Å². The molecule has 0 saturated carbocycles. The van der Waals surface area contributed by atoms with Gasteiger partial charge in [0.05, 0.1) is 0 Å². The van der Waals surface area contributed by atoms with Crippen molar-refractivity contribution in [2.24, 2.45) is 0 Å².